The number of rotatable bonds is 5. The van der Waals surface area contributed by atoms with Crippen LogP contribution in [0.15, 0.2) is 45.0 Å². The number of nitrogens with one attached hydrogen (secondary N) is 2. The number of H-pyrrole nitrogens is 1. The minimum absolute atomic E-state index is 0.173. The van der Waals surface area contributed by atoms with E-state index < -0.39 is 17.5 Å². The van der Waals surface area contributed by atoms with Crippen LogP contribution in [0.1, 0.15) is 26.3 Å². The van der Waals surface area contributed by atoms with Crippen LogP contribution in [-0.4, -0.2) is 30.3 Å². The summed E-state index contributed by atoms with van der Waals surface area (Å²) in [5.41, 5.74) is 1.63. The lowest BCUT2D eigenvalue weighted by Gasteiger charge is -2.19. The van der Waals surface area contributed by atoms with Crippen molar-refractivity contribution in [2.75, 3.05) is 13.7 Å². The lowest BCUT2D eigenvalue weighted by Crippen LogP contribution is -2.33. The highest BCUT2D eigenvalue weighted by atomic mass is 79.9. The summed E-state index contributed by atoms with van der Waals surface area (Å²) in [6, 6.07) is 8.63. The molecule has 2 aromatic carbocycles. The Hall–Kier alpha value is -2.91. The summed E-state index contributed by atoms with van der Waals surface area (Å²) in [5.74, 6) is 0.158. The predicted octanol–water partition coefficient (Wildman–Crippen LogP) is 6.39. The van der Waals surface area contributed by atoms with Crippen LogP contribution in [0.4, 0.5) is 9.18 Å². The third-order valence-corrected chi connectivity index (χ3v) is 6.79. The molecule has 9 heteroatoms. The van der Waals surface area contributed by atoms with E-state index in [-0.39, 0.29) is 12.1 Å². The molecule has 0 atom stereocenters. The highest BCUT2D eigenvalue weighted by Crippen LogP contribution is 2.43. The molecule has 0 fully saturated rings. The summed E-state index contributed by atoms with van der Waals surface area (Å²) in [7, 11) is 1.56. The Morgan fingerprint density at radius 3 is 2.68 bits per heavy atom. The van der Waals surface area contributed by atoms with E-state index in [4.69, 9.17) is 9.47 Å². The topological polar surface area (TPSA) is 80.4 Å². The number of alkyl carbamates (subject to hydrolysis) is 1. The van der Waals surface area contributed by atoms with Gasteiger partial charge >= 0.3 is 6.09 Å². The molecule has 2 heterocycles. The van der Waals surface area contributed by atoms with Crippen LogP contribution >= 0.6 is 27.3 Å². The van der Waals surface area contributed by atoms with Gasteiger partial charge in [-0.25, -0.2) is 9.18 Å². The van der Waals surface area contributed by atoms with E-state index >= 15 is 4.39 Å². The Kier molecular flexibility index (Phi) is 6.69. The number of carbonyl (C=O) groups excluding carboxylic acids is 1. The number of methoxy groups -OCH3 is 1. The Morgan fingerprint density at radius 2 is 2.00 bits per heavy atom. The SMILES string of the molecule is COc1cc(Br)c2[nH]c(=O)c3sccc3c2c1-c1ccc(CCNC(=O)OC(C)(C)C)c(F)c1. The quantitative estimate of drug-likeness (QED) is 0.304. The first-order valence-corrected chi connectivity index (χ1v) is 12.3. The van der Waals surface area contributed by atoms with Crippen molar-refractivity contribution in [1.82, 2.24) is 10.3 Å². The molecular weight excluding hydrogens is 523 g/mol. The molecule has 0 spiro atoms. The Labute approximate surface area is 208 Å². The van der Waals surface area contributed by atoms with Crippen LogP contribution in [0, 0.1) is 5.82 Å². The van der Waals surface area contributed by atoms with Crippen molar-refractivity contribution >= 4 is 54.3 Å². The monoisotopic (exact) mass is 546 g/mol. The minimum atomic E-state index is -0.596. The van der Waals surface area contributed by atoms with Crippen LogP contribution in [0.25, 0.3) is 32.1 Å². The molecule has 4 aromatic rings. The summed E-state index contributed by atoms with van der Waals surface area (Å²) in [6.07, 6.45) is -0.226. The lowest BCUT2D eigenvalue weighted by atomic mass is 9.96. The molecule has 0 aliphatic rings. The summed E-state index contributed by atoms with van der Waals surface area (Å²) < 4.78 is 27.2. The van der Waals surface area contributed by atoms with Crippen LogP contribution in [0.2, 0.25) is 0 Å². The largest absolute Gasteiger partial charge is 0.496 e. The van der Waals surface area contributed by atoms with Gasteiger partial charge in [-0.15, -0.1) is 11.3 Å². The van der Waals surface area contributed by atoms with Crippen molar-refractivity contribution in [3.63, 3.8) is 0 Å². The molecular formula is C25H24BrFN2O4S. The fraction of sp³-hybridized carbons (Fsp3) is 0.280. The van der Waals surface area contributed by atoms with Crippen molar-refractivity contribution in [3.8, 4) is 16.9 Å². The number of hydrogen-bond donors (Lipinski definition) is 2. The van der Waals surface area contributed by atoms with Gasteiger partial charge < -0.3 is 19.8 Å². The van der Waals surface area contributed by atoms with E-state index in [1.54, 1.807) is 40.0 Å². The third kappa shape index (κ3) is 4.81. The maximum absolute atomic E-state index is 15.1. The van der Waals surface area contributed by atoms with E-state index in [9.17, 15) is 9.59 Å². The normalized spacial score (nSPS) is 11.7. The summed E-state index contributed by atoms with van der Waals surface area (Å²) in [6.45, 7) is 5.59. The van der Waals surface area contributed by atoms with Gasteiger partial charge in [-0.3, -0.25) is 4.79 Å². The number of pyridine rings is 1. The first kappa shape index (κ1) is 24.2. The second-order valence-corrected chi connectivity index (χ2v) is 10.6. The van der Waals surface area contributed by atoms with Gasteiger partial charge in [-0.1, -0.05) is 12.1 Å². The zero-order valence-electron chi connectivity index (χ0n) is 19.2. The van der Waals surface area contributed by atoms with Gasteiger partial charge in [-0.05, 0) is 77.8 Å². The summed E-state index contributed by atoms with van der Waals surface area (Å²) in [5, 5.41) is 6.07. The average Bonchev–Trinajstić information content (AvgIpc) is 3.25. The molecule has 1 amide bonds. The fourth-order valence-electron chi connectivity index (χ4n) is 3.84. The fourth-order valence-corrected chi connectivity index (χ4v) is 5.14. The van der Waals surface area contributed by atoms with Crippen molar-refractivity contribution < 1.29 is 18.7 Å². The summed E-state index contributed by atoms with van der Waals surface area (Å²) >= 11 is 4.88. The molecule has 0 saturated carbocycles. The molecule has 4 rings (SSSR count). The van der Waals surface area contributed by atoms with Crippen molar-refractivity contribution in [1.29, 1.82) is 0 Å². The standard InChI is InChI=1S/C25H24BrFN2O4S/c1-25(2,3)33-24(31)28-9-7-13-5-6-14(11-17(13)27)19-18(32-4)12-16(26)21-20(19)15-8-10-34-22(15)23(30)29-21/h5-6,8,10-12H,7,9H2,1-4H3,(H,28,31)(H,29,30). The molecule has 0 unspecified atom stereocenters. The summed E-state index contributed by atoms with van der Waals surface area (Å²) in [4.78, 5) is 27.3. The van der Waals surface area contributed by atoms with Crippen molar-refractivity contribution in [2.45, 2.75) is 32.8 Å². The molecule has 0 saturated heterocycles. The first-order valence-electron chi connectivity index (χ1n) is 10.6. The molecule has 0 aliphatic carbocycles. The third-order valence-electron chi connectivity index (χ3n) is 5.25. The molecule has 0 aliphatic heterocycles. The molecule has 6 nitrogen and oxygen atoms in total. The van der Waals surface area contributed by atoms with Crippen molar-refractivity contribution in [3.05, 3.63) is 61.9 Å². The highest BCUT2D eigenvalue weighted by Gasteiger charge is 2.20. The Balaban J connectivity index is 1.72. The number of amides is 1. The highest BCUT2D eigenvalue weighted by molar-refractivity contribution is 9.10. The van der Waals surface area contributed by atoms with E-state index in [1.807, 2.05) is 17.5 Å². The van der Waals surface area contributed by atoms with Gasteiger partial charge in [0, 0.05) is 27.4 Å². The van der Waals surface area contributed by atoms with E-state index in [2.05, 4.69) is 26.2 Å². The van der Waals surface area contributed by atoms with Crippen LogP contribution in [0.5, 0.6) is 5.75 Å². The number of aromatic nitrogens is 1. The first-order chi connectivity index (χ1) is 16.1. The van der Waals surface area contributed by atoms with Gasteiger partial charge in [0.1, 0.15) is 21.9 Å². The lowest BCUT2D eigenvalue weighted by molar-refractivity contribution is 0.0528. The zero-order chi connectivity index (χ0) is 24.6. The predicted molar refractivity (Wildman–Crippen MR) is 138 cm³/mol. The van der Waals surface area contributed by atoms with Gasteiger partial charge in [0.25, 0.3) is 5.56 Å². The van der Waals surface area contributed by atoms with Gasteiger partial charge in [0.15, 0.2) is 0 Å². The molecule has 0 bridgehead atoms. The average molecular weight is 547 g/mol. The van der Waals surface area contributed by atoms with E-state index in [0.29, 0.717) is 43.6 Å². The number of carbonyl (C=O) groups is 1. The smallest absolute Gasteiger partial charge is 0.407 e. The Morgan fingerprint density at radius 1 is 1.24 bits per heavy atom. The van der Waals surface area contributed by atoms with Gasteiger partial charge in [0.05, 0.1) is 12.6 Å². The number of ether oxygens (including phenoxy) is 2. The van der Waals surface area contributed by atoms with Crippen LogP contribution in [0.3, 0.4) is 0 Å². The molecule has 178 valence electrons. The van der Waals surface area contributed by atoms with E-state index in [0.717, 1.165) is 10.8 Å². The van der Waals surface area contributed by atoms with Crippen molar-refractivity contribution in [2.24, 2.45) is 0 Å². The number of thiophene rings is 1. The molecule has 2 aromatic heterocycles. The molecule has 34 heavy (non-hydrogen) atoms. The Bertz CT molecular complexity index is 1460. The number of hydrogen-bond acceptors (Lipinski definition) is 5. The second kappa shape index (κ2) is 9.38. The minimum Gasteiger partial charge on any atom is -0.496 e. The van der Waals surface area contributed by atoms with Crippen LogP contribution in [-0.2, 0) is 11.2 Å². The molecule has 0 radical (unpaired) electrons. The van der Waals surface area contributed by atoms with Gasteiger partial charge in [-0.2, -0.15) is 0 Å². The maximum atomic E-state index is 15.1. The maximum Gasteiger partial charge on any atom is 0.407 e. The van der Waals surface area contributed by atoms with Gasteiger partial charge in [0.2, 0.25) is 0 Å². The number of aromatic amines is 1. The number of fused-ring (bicyclic) bond motifs is 3. The molecule has 2 N–H and O–H groups in total. The van der Waals surface area contributed by atoms with E-state index in [1.165, 1.54) is 17.4 Å². The van der Waals surface area contributed by atoms with Crippen LogP contribution < -0.4 is 15.6 Å². The number of benzene rings is 2. The zero-order valence-corrected chi connectivity index (χ0v) is 21.6. The number of halogens is 2. The second-order valence-electron chi connectivity index (χ2n) is 8.79.